The van der Waals surface area contributed by atoms with Gasteiger partial charge in [0.05, 0.1) is 4.90 Å². The van der Waals surface area contributed by atoms with Crippen LogP contribution in [0.25, 0.3) is 0 Å². The summed E-state index contributed by atoms with van der Waals surface area (Å²) in [4.78, 5) is 25.2. The van der Waals surface area contributed by atoms with Crippen LogP contribution in [0.1, 0.15) is 28.8 Å². The molecule has 1 aliphatic rings. The Kier molecular flexibility index (Phi) is 7.31. The molecule has 0 aliphatic carbocycles. The summed E-state index contributed by atoms with van der Waals surface area (Å²) in [6, 6.07) is 20.8. The van der Waals surface area contributed by atoms with Gasteiger partial charge in [0.25, 0.3) is 5.91 Å². The topological polar surface area (TPSA) is 92.8 Å². The molecule has 176 valence electrons. The number of ether oxygens (including phenoxy) is 1. The van der Waals surface area contributed by atoms with E-state index in [2.05, 4.69) is 5.32 Å². The Morgan fingerprint density at radius 1 is 0.971 bits per heavy atom. The number of halogens is 1. The van der Waals surface area contributed by atoms with Gasteiger partial charge in [0.15, 0.2) is 0 Å². The first-order valence-electron chi connectivity index (χ1n) is 10.7. The van der Waals surface area contributed by atoms with Crippen molar-refractivity contribution in [3.8, 4) is 0 Å². The molecule has 0 saturated carbocycles. The predicted octanol–water partition coefficient (Wildman–Crippen LogP) is 4.49. The monoisotopic (exact) mass is 498 g/mol. The largest absolute Gasteiger partial charge is 0.460 e. The number of hydrogen-bond acceptors (Lipinski definition) is 5. The Hall–Kier alpha value is -3.20. The number of nitrogens with one attached hydrogen (secondary N) is 1. The Morgan fingerprint density at radius 3 is 2.32 bits per heavy atom. The zero-order chi connectivity index (χ0) is 24.1. The standard InChI is InChI=1S/C25H23ClN2O5S/c26-20-12-14-22(15-13-20)34(31,32)28-16-4-7-23(28)25(30)33-17-18-8-10-19(11-9-18)24(29)27-21-5-2-1-3-6-21/h1-3,5-6,8-15,23H,4,7,16-17H2,(H,27,29)/t23-/m0/s1. The minimum absolute atomic E-state index is 0.0231. The number of amides is 1. The highest BCUT2D eigenvalue weighted by atomic mass is 35.5. The van der Waals surface area contributed by atoms with Crippen molar-refractivity contribution in [1.29, 1.82) is 0 Å². The number of rotatable bonds is 7. The molecule has 1 N–H and O–H groups in total. The van der Waals surface area contributed by atoms with Gasteiger partial charge in [-0.2, -0.15) is 4.31 Å². The van der Waals surface area contributed by atoms with Gasteiger partial charge in [-0.05, 0) is 66.9 Å². The fourth-order valence-electron chi connectivity index (χ4n) is 3.73. The summed E-state index contributed by atoms with van der Waals surface area (Å²) in [5.41, 5.74) is 1.85. The third-order valence-corrected chi connectivity index (χ3v) is 7.70. The minimum Gasteiger partial charge on any atom is -0.460 e. The summed E-state index contributed by atoms with van der Waals surface area (Å²) < 4.78 is 32.6. The molecule has 9 heteroatoms. The number of anilines is 1. The normalized spacial score (nSPS) is 16.2. The van der Waals surface area contributed by atoms with Crippen molar-refractivity contribution in [2.45, 2.75) is 30.4 Å². The average Bonchev–Trinajstić information content (AvgIpc) is 3.35. The fourth-order valence-corrected chi connectivity index (χ4v) is 5.51. The number of benzene rings is 3. The lowest BCUT2D eigenvalue weighted by atomic mass is 10.1. The molecule has 7 nitrogen and oxygen atoms in total. The third kappa shape index (κ3) is 5.47. The lowest BCUT2D eigenvalue weighted by Crippen LogP contribution is -2.41. The number of nitrogens with zero attached hydrogens (tertiary/aromatic N) is 1. The average molecular weight is 499 g/mol. The van der Waals surface area contributed by atoms with Crippen LogP contribution >= 0.6 is 11.6 Å². The molecular formula is C25H23ClN2O5S. The molecule has 34 heavy (non-hydrogen) atoms. The van der Waals surface area contributed by atoms with Crippen LogP contribution in [0.5, 0.6) is 0 Å². The zero-order valence-electron chi connectivity index (χ0n) is 18.2. The Morgan fingerprint density at radius 2 is 1.65 bits per heavy atom. The minimum atomic E-state index is -3.84. The second kappa shape index (κ2) is 10.4. The van der Waals surface area contributed by atoms with E-state index in [1.807, 2.05) is 18.2 Å². The number of esters is 1. The first kappa shape index (κ1) is 23.9. The van der Waals surface area contributed by atoms with Crippen LogP contribution in [0.15, 0.2) is 83.8 Å². The van der Waals surface area contributed by atoms with E-state index in [9.17, 15) is 18.0 Å². The van der Waals surface area contributed by atoms with Crippen LogP contribution in [-0.4, -0.2) is 37.2 Å². The highest BCUT2D eigenvalue weighted by Gasteiger charge is 2.40. The first-order valence-corrected chi connectivity index (χ1v) is 12.6. The molecular weight excluding hydrogens is 476 g/mol. The Bertz CT molecular complexity index is 1260. The molecule has 4 rings (SSSR count). The van der Waals surface area contributed by atoms with Gasteiger partial charge in [0.1, 0.15) is 12.6 Å². The number of hydrogen-bond donors (Lipinski definition) is 1. The fraction of sp³-hybridized carbons (Fsp3) is 0.200. The van der Waals surface area contributed by atoms with Gasteiger partial charge in [0.2, 0.25) is 10.0 Å². The smallest absolute Gasteiger partial charge is 0.324 e. The number of carbonyl (C=O) groups excluding carboxylic acids is 2. The van der Waals surface area contributed by atoms with Crippen molar-refractivity contribution in [2.24, 2.45) is 0 Å². The number of carbonyl (C=O) groups is 2. The van der Waals surface area contributed by atoms with Crippen LogP contribution in [0.4, 0.5) is 5.69 Å². The van der Waals surface area contributed by atoms with Gasteiger partial charge in [-0.1, -0.05) is 41.9 Å². The molecule has 1 fully saturated rings. The van der Waals surface area contributed by atoms with E-state index in [0.717, 1.165) is 0 Å². The van der Waals surface area contributed by atoms with Crippen LogP contribution < -0.4 is 5.32 Å². The van der Waals surface area contributed by atoms with E-state index in [1.165, 1.54) is 28.6 Å². The molecule has 0 radical (unpaired) electrons. The molecule has 3 aromatic carbocycles. The van der Waals surface area contributed by atoms with Crippen molar-refractivity contribution in [2.75, 3.05) is 11.9 Å². The van der Waals surface area contributed by atoms with Gasteiger partial charge in [-0.25, -0.2) is 8.42 Å². The van der Waals surface area contributed by atoms with E-state index in [0.29, 0.717) is 34.7 Å². The second-order valence-corrected chi connectivity index (χ2v) is 10.2. The summed E-state index contributed by atoms with van der Waals surface area (Å²) in [5, 5.41) is 3.24. The molecule has 1 heterocycles. The quantitative estimate of drug-likeness (QED) is 0.484. The van der Waals surface area contributed by atoms with E-state index >= 15 is 0 Å². The lowest BCUT2D eigenvalue weighted by molar-refractivity contribution is -0.148. The summed E-state index contributed by atoms with van der Waals surface area (Å²) in [6.45, 7) is 0.223. The molecule has 0 aromatic heterocycles. The molecule has 0 unspecified atom stereocenters. The lowest BCUT2D eigenvalue weighted by Gasteiger charge is -2.22. The Labute approximate surface area is 203 Å². The van der Waals surface area contributed by atoms with Gasteiger partial charge >= 0.3 is 5.97 Å². The maximum absolute atomic E-state index is 13.0. The van der Waals surface area contributed by atoms with Crippen molar-refractivity contribution >= 4 is 39.2 Å². The summed E-state index contributed by atoms with van der Waals surface area (Å²) in [7, 11) is -3.84. The highest BCUT2D eigenvalue weighted by molar-refractivity contribution is 7.89. The van der Waals surface area contributed by atoms with Gasteiger partial charge in [-0.15, -0.1) is 0 Å². The van der Waals surface area contributed by atoms with Gasteiger partial charge < -0.3 is 10.1 Å². The molecule has 1 amide bonds. The highest BCUT2D eigenvalue weighted by Crippen LogP contribution is 2.28. The summed E-state index contributed by atoms with van der Waals surface area (Å²) >= 11 is 5.86. The second-order valence-electron chi connectivity index (χ2n) is 7.85. The number of sulfonamides is 1. The maximum atomic E-state index is 13.0. The van der Waals surface area contributed by atoms with E-state index < -0.39 is 22.0 Å². The van der Waals surface area contributed by atoms with Crippen LogP contribution in [0.3, 0.4) is 0 Å². The van der Waals surface area contributed by atoms with Crippen LogP contribution in [0.2, 0.25) is 5.02 Å². The van der Waals surface area contributed by atoms with Crippen molar-refractivity contribution in [3.05, 3.63) is 95.0 Å². The van der Waals surface area contributed by atoms with Crippen molar-refractivity contribution < 1.29 is 22.7 Å². The molecule has 1 aliphatic heterocycles. The van der Waals surface area contributed by atoms with Crippen LogP contribution in [-0.2, 0) is 26.2 Å². The molecule has 0 spiro atoms. The van der Waals surface area contributed by atoms with E-state index in [1.54, 1.807) is 36.4 Å². The van der Waals surface area contributed by atoms with E-state index in [-0.39, 0.29) is 24.0 Å². The zero-order valence-corrected chi connectivity index (χ0v) is 19.8. The predicted molar refractivity (Wildman–Crippen MR) is 129 cm³/mol. The van der Waals surface area contributed by atoms with Gasteiger partial charge in [0, 0.05) is 22.8 Å². The molecule has 1 saturated heterocycles. The summed E-state index contributed by atoms with van der Waals surface area (Å²) in [6.07, 6.45) is 0.960. The van der Waals surface area contributed by atoms with Gasteiger partial charge in [-0.3, -0.25) is 9.59 Å². The molecule has 3 aromatic rings. The molecule has 0 bridgehead atoms. The summed E-state index contributed by atoms with van der Waals surface area (Å²) in [5.74, 6) is -0.843. The third-order valence-electron chi connectivity index (χ3n) is 5.52. The SMILES string of the molecule is O=C(Nc1ccccc1)c1ccc(COC(=O)[C@@H]2CCCN2S(=O)(=O)c2ccc(Cl)cc2)cc1. The first-order chi connectivity index (χ1) is 16.3. The van der Waals surface area contributed by atoms with Crippen molar-refractivity contribution in [3.63, 3.8) is 0 Å². The van der Waals surface area contributed by atoms with Crippen LogP contribution in [0, 0.1) is 0 Å². The van der Waals surface area contributed by atoms with E-state index in [4.69, 9.17) is 16.3 Å². The molecule has 1 atom stereocenters. The van der Waals surface area contributed by atoms with Crippen molar-refractivity contribution in [1.82, 2.24) is 4.31 Å². The number of para-hydroxylation sites is 1. The maximum Gasteiger partial charge on any atom is 0.324 e. The Balaban J connectivity index is 1.36.